The summed E-state index contributed by atoms with van der Waals surface area (Å²) in [5.41, 5.74) is 6.33. The van der Waals surface area contributed by atoms with E-state index in [-0.39, 0.29) is 12.1 Å². The summed E-state index contributed by atoms with van der Waals surface area (Å²) in [5, 5.41) is 7.12. The number of fused-ring (bicyclic) bond motifs is 1. The molecule has 12 heteroatoms. The van der Waals surface area contributed by atoms with E-state index >= 15 is 0 Å². The first kappa shape index (κ1) is 20.3. The third-order valence-electron chi connectivity index (χ3n) is 2.76. The lowest BCUT2D eigenvalue weighted by molar-refractivity contribution is -0.192. The maximum atomic E-state index is 10.6. The zero-order valence-corrected chi connectivity index (χ0v) is 13.7. The van der Waals surface area contributed by atoms with Crippen LogP contribution in [0.2, 0.25) is 0 Å². The number of nitrogens with one attached hydrogen (secondary N) is 1. The van der Waals surface area contributed by atoms with Crippen LogP contribution in [0.15, 0.2) is 0 Å². The number of alkyl halides is 3. The predicted molar refractivity (Wildman–Crippen MR) is 80.5 cm³/mol. The number of halogens is 3. The Hall–Kier alpha value is -2.79. The molecule has 140 valence electrons. The molecule has 2 aliphatic rings. The number of imidazole rings is 1. The van der Waals surface area contributed by atoms with Gasteiger partial charge in [0.05, 0.1) is 13.2 Å². The highest BCUT2D eigenvalue weighted by Crippen LogP contribution is 2.27. The number of aromatic nitrogens is 4. The maximum Gasteiger partial charge on any atom is 0.490 e. The Kier molecular flexibility index (Phi) is 6.77. The van der Waals surface area contributed by atoms with Crippen LogP contribution in [-0.2, 0) is 4.79 Å². The number of nitrogen functional groups attached to an aromatic ring is 1. The van der Waals surface area contributed by atoms with Crippen LogP contribution in [0.25, 0.3) is 11.5 Å². The molecule has 0 aromatic heterocycles. The van der Waals surface area contributed by atoms with Crippen LogP contribution < -0.4 is 15.2 Å². The summed E-state index contributed by atoms with van der Waals surface area (Å²) >= 11 is 0. The quantitative estimate of drug-likeness (QED) is 0.733. The highest BCUT2D eigenvalue weighted by atomic mass is 19.4. The number of nitrogens with zero attached hydrogens (tertiary/aromatic N) is 3. The highest BCUT2D eigenvalue weighted by Gasteiger charge is 2.38. The molecular formula is C13H18F3N5O4. The van der Waals surface area contributed by atoms with Crippen LogP contribution in [0, 0.1) is 0 Å². The highest BCUT2D eigenvalue weighted by molar-refractivity contribution is 5.73. The summed E-state index contributed by atoms with van der Waals surface area (Å²) < 4.78 is 42.3. The van der Waals surface area contributed by atoms with E-state index in [0.29, 0.717) is 23.3 Å². The molecule has 0 fully saturated rings. The van der Waals surface area contributed by atoms with Crippen molar-refractivity contribution in [1.29, 1.82) is 0 Å². The lowest BCUT2D eigenvalue weighted by Gasteiger charge is -2.13. The van der Waals surface area contributed by atoms with Gasteiger partial charge in [-0.25, -0.2) is 4.79 Å². The molecule has 0 aliphatic carbocycles. The molecule has 2 rings (SSSR count). The van der Waals surface area contributed by atoms with Gasteiger partial charge in [-0.2, -0.15) is 28.1 Å². The molecule has 2 aliphatic heterocycles. The van der Waals surface area contributed by atoms with Crippen LogP contribution >= 0.6 is 0 Å². The molecule has 25 heavy (non-hydrogen) atoms. The van der Waals surface area contributed by atoms with Crippen LogP contribution in [0.5, 0.6) is 12.0 Å². The molecule has 0 amide bonds. The molecule has 0 radical (unpaired) electrons. The maximum absolute atomic E-state index is 10.6. The third-order valence-corrected chi connectivity index (χ3v) is 2.76. The molecule has 0 saturated heterocycles. The van der Waals surface area contributed by atoms with E-state index in [0.717, 1.165) is 12.8 Å². The van der Waals surface area contributed by atoms with Crippen molar-refractivity contribution in [1.82, 2.24) is 19.9 Å². The van der Waals surface area contributed by atoms with Gasteiger partial charge in [0.15, 0.2) is 11.5 Å². The van der Waals surface area contributed by atoms with Gasteiger partial charge in [-0.1, -0.05) is 13.3 Å². The summed E-state index contributed by atoms with van der Waals surface area (Å²) in [6.07, 6.45) is -3.02. The number of methoxy groups -OCH3 is 1. The van der Waals surface area contributed by atoms with E-state index in [2.05, 4.69) is 26.9 Å². The standard InChI is InChI=1S/C11H17N5O2.C2HF3O2/c1-4-5-6(2)18-11-14-8(12)7-9(16-11)15-10(13-7)17-3;3-2(4,5)1(6)7/h6H,4-5H2,1-3H3,(H3,12,13,14,15,16);(H,6,7)/t6-;/m1./s1. The molecule has 0 saturated carbocycles. The largest absolute Gasteiger partial charge is 0.490 e. The first-order valence-corrected chi connectivity index (χ1v) is 7.12. The van der Waals surface area contributed by atoms with Gasteiger partial charge in [0.2, 0.25) is 0 Å². The van der Waals surface area contributed by atoms with Gasteiger partial charge in [-0.3, -0.25) is 4.98 Å². The van der Waals surface area contributed by atoms with E-state index in [1.807, 2.05) is 6.92 Å². The molecule has 0 bridgehead atoms. The average Bonchev–Trinajstić information content (AvgIpc) is 2.90. The lowest BCUT2D eigenvalue weighted by atomic mass is 10.2. The fraction of sp³-hybridized carbons (Fsp3) is 0.538. The van der Waals surface area contributed by atoms with Crippen molar-refractivity contribution in [2.45, 2.75) is 39.0 Å². The molecule has 2 heterocycles. The fourth-order valence-corrected chi connectivity index (χ4v) is 1.67. The van der Waals surface area contributed by atoms with E-state index < -0.39 is 12.1 Å². The van der Waals surface area contributed by atoms with E-state index in [1.165, 1.54) is 7.11 Å². The van der Waals surface area contributed by atoms with Crippen molar-refractivity contribution in [3.05, 3.63) is 0 Å². The molecule has 0 aromatic carbocycles. The van der Waals surface area contributed by atoms with Gasteiger partial charge in [-0.15, -0.1) is 0 Å². The molecule has 0 unspecified atom stereocenters. The van der Waals surface area contributed by atoms with Crippen molar-refractivity contribution in [3.63, 3.8) is 0 Å². The second kappa shape index (κ2) is 8.35. The van der Waals surface area contributed by atoms with Gasteiger partial charge < -0.3 is 20.3 Å². The molecule has 9 nitrogen and oxygen atoms in total. The smallest absolute Gasteiger partial charge is 0.475 e. The number of hydrogen-bond acceptors (Lipinski definition) is 7. The number of ether oxygens (including phenoxy) is 2. The average molecular weight is 365 g/mol. The Morgan fingerprint density at radius 3 is 2.44 bits per heavy atom. The van der Waals surface area contributed by atoms with Crippen molar-refractivity contribution in [2.24, 2.45) is 0 Å². The van der Waals surface area contributed by atoms with E-state index in [1.54, 1.807) is 0 Å². The first-order valence-electron chi connectivity index (χ1n) is 7.12. The molecular weight excluding hydrogens is 347 g/mol. The van der Waals surface area contributed by atoms with Gasteiger partial charge >= 0.3 is 18.2 Å². The normalized spacial score (nSPS) is 12.2. The fourth-order valence-electron chi connectivity index (χ4n) is 1.67. The van der Waals surface area contributed by atoms with Gasteiger partial charge in [0.25, 0.3) is 6.01 Å². The third kappa shape index (κ3) is 5.97. The Labute approximate surface area is 140 Å². The van der Waals surface area contributed by atoms with Crippen molar-refractivity contribution >= 4 is 11.8 Å². The number of rotatable bonds is 5. The number of carbonyl (C=O) groups is 1. The number of anilines is 1. The molecule has 4 N–H and O–H groups in total. The summed E-state index contributed by atoms with van der Waals surface area (Å²) in [6, 6.07) is 0.597. The van der Waals surface area contributed by atoms with Crippen LogP contribution in [0.4, 0.5) is 19.0 Å². The van der Waals surface area contributed by atoms with Gasteiger partial charge in [0, 0.05) is 0 Å². The number of nitrogens with two attached hydrogens (primary N) is 1. The Balaban J connectivity index is 0.000000381. The Morgan fingerprint density at radius 2 is 1.96 bits per heavy atom. The number of aromatic amines is 1. The van der Waals surface area contributed by atoms with E-state index in [4.69, 9.17) is 25.1 Å². The summed E-state index contributed by atoms with van der Waals surface area (Å²) in [5.74, 6) is -1.97. The number of aliphatic carboxylic acids is 1. The number of hydrogen-bond donors (Lipinski definition) is 3. The Bertz CT molecular complexity index is 676. The van der Waals surface area contributed by atoms with Gasteiger partial charge in [-0.05, 0) is 13.3 Å². The summed E-state index contributed by atoms with van der Waals surface area (Å²) in [6.45, 7) is 4.08. The van der Waals surface area contributed by atoms with Crippen LogP contribution in [-0.4, -0.2) is 50.4 Å². The predicted octanol–water partition coefficient (Wildman–Crippen LogP) is 2.10. The molecule has 0 spiro atoms. The van der Waals surface area contributed by atoms with Crippen LogP contribution in [0.3, 0.4) is 0 Å². The minimum Gasteiger partial charge on any atom is -0.475 e. The lowest BCUT2D eigenvalue weighted by Crippen LogP contribution is -2.21. The monoisotopic (exact) mass is 365 g/mol. The van der Waals surface area contributed by atoms with Gasteiger partial charge in [0.1, 0.15) is 5.82 Å². The second-order valence-electron chi connectivity index (χ2n) is 4.86. The van der Waals surface area contributed by atoms with Crippen molar-refractivity contribution < 1.29 is 32.5 Å². The number of H-pyrrole nitrogens is 1. The zero-order valence-electron chi connectivity index (χ0n) is 13.7. The minimum atomic E-state index is -5.08. The van der Waals surface area contributed by atoms with Crippen molar-refractivity contribution in [3.8, 4) is 23.5 Å². The minimum absolute atomic E-state index is 0.0698. The second-order valence-corrected chi connectivity index (χ2v) is 4.86. The number of carboxylic acids is 1. The van der Waals surface area contributed by atoms with Crippen molar-refractivity contribution in [2.75, 3.05) is 12.8 Å². The van der Waals surface area contributed by atoms with E-state index in [9.17, 15) is 13.2 Å². The Morgan fingerprint density at radius 1 is 1.36 bits per heavy atom. The first-order chi connectivity index (χ1) is 11.6. The summed E-state index contributed by atoms with van der Waals surface area (Å²) in [4.78, 5) is 24.1. The summed E-state index contributed by atoms with van der Waals surface area (Å²) in [7, 11) is 1.49. The SMILES string of the molecule is CCC[C@@H](C)Oc1nc2nc(OC)nc-2c(N)[nH]1.O=C(O)C(F)(F)F. The van der Waals surface area contributed by atoms with Crippen LogP contribution in [0.1, 0.15) is 26.7 Å². The number of carboxylic acid groups (broad SMARTS) is 1. The topological polar surface area (TPSA) is 136 Å². The molecule has 1 atom stereocenters. The molecule has 0 aromatic rings. The zero-order chi connectivity index (χ0) is 19.2.